The first-order valence-electron chi connectivity index (χ1n) is 5.66. The molecule has 0 atom stereocenters. The molecule has 0 amide bonds. The first-order valence-corrected chi connectivity index (χ1v) is 5.66. The maximum Gasteiger partial charge on any atom is 0.101 e. The zero-order valence-electron chi connectivity index (χ0n) is 9.59. The fraction of sp³-hybridized carbons (Fsp3) is 0.0667. The van der Waals surface area contributed by atoms with Gasteiger partial charge in [0.05, 0.1) is 0 Å². The lowest BCUT2D eigenvalue weighted by molar-refractivity contribution is 1.25. The first kappa shape index (κ1) is 9.97. The summed E-state index contributed by atoms with van der Waals surface area (Å²) < 4.78 is 0. The number of nitrogens with zero attached hydrogens (tertiary/aromatic N) is 2. The molecule has 0 unspecified atom stereocenters. The van der Waals surface area contributed by atoms with Gasteiger partial charge in [-0.15, -0.1) is 0 Å². The normalized spacial score (nSPS) is 12.6. The van der Waals surface area contributed by atoms with Crippen molar-refractivity contribution in [3.05, 3.63) is 59.7 Å². The van der Waals surface area contributed by atoms with Gasteiger partial charge in [-0.25, -0.2) is 0 Å². The van der Waals surface area contributed by atoms with E-state index in [1.807, 2.05) is 19.1 Å². The molecule has 0 fully saturated rings. The molecule has 0 aliphatic heterocycles. The highest BCUT2D eigenvalue weighted by Gasteiger charge is 2.23. The first-order chi connectivity index (χ1) is 8.42. The predicted molar refractivity (Wildman–Crippen MR) is 71.7 cm³/mol. The van der Waals surface area contributed by atoms with Crippen molar-refractivity contribution in [3.8, 4) is 11.1 Å². The third kappa shape index (κ3) is 1.49. The van der Waals surface area contributed by atoms with Gasteiger partial charge in [0.25, 0.3) is 0 Å². The number of fused-ring (bicyclic) bond motifs is 3. The molecule has 1 aliphatic carbocycles. The van der Waals surface area contributed by atoms with Crippen molar-refractivity contribution < 1.29 is 0 Å². The van der Waals surface area contributed by atoms with Crippen molar-refractivity contribution in [1.29, 1.82) is 0 Å². The van der Waals surface area contributed by atoms with Gasteiger partial charge >= 0.3 is 0 Å². The van der Waals surface area contributed by atoms with Gasteiger partial charge in [-0.3, -0.25) is 0 Å². The van der Waals surface area contributed by atoms with Crippen LogP contribution in [-0.4, -0.2) is 11.9 Å². The van der Waals surface area contributed by atoms with Crippen LogP contribution in [0.3, 0.4) is 0 Å². The minimum Gasteiger partial charge on any atom is -0.163 e. The molecule has 0 radical (unpaired) electrons. The summed E-state index contributed by atoms with van der Waals surface area (Å²) in [6.45, 7) is 1.87. The summed E-state index contributed by atoms with van der Waals surface area (Å²) in [6.07, 6.45) is 1.70. The Labute approximate surface area is 100 Å². The maximum absolute atomic E-state index is 4.31. The van der Waals surface area contributed by atoms with E-state index in [9.17, 15) is 0 Å². The topological polar surface area (TPSA) is 24.7 Å². The molecule has 3 rings (SSSR count). The molecule has 2 heteroatoms. The van der Waals surface area contributed by atoms with Gasteiger partial charge in [0, 0.05) is 17.3 Å². The largest absolute Gasteiger partial charge is 0.163 e. The van der Waals surface area contributed by atoms with Gasteiger partial charge < -0.3 is 0 Å². The van der Waals surface area contributed by atoms with Crippen LogP contribution in [0.4, 0.5) is 0 Å². The van der Waals surface area contributed by atoms with Crippen LogP contribution >= 0.6 is 0 Å². The number of hydrogen-bond acceptors (Lipinski definition) is 2. The Kier molecular flexibility index (Phi) is 2.33. The molecule has 2 aromatic rings. The molecular formula is C15H12N2. The Bertz CT molecular complexity index is 577. The third-order valence-corrected chi connectivity index (χ3v) is 2.93. The lowest BCUT2D eigenvalue weighted by Gasteiger charge is -1.97. The minimum absolute atomic E-state index is 0.967. The molecule has 0 bridgehead atoms. The van der Waals surface area contributed by atoms with E-state index < -0.39 is 0 Å². The summed E-state index contributed by atoms with van der Waals surface area (Å²) in [7, 11) is 0. The number of benzene rings is 2. The number of rotatable bonds is 1. The quantitative estimate of drug-likeness (QED) is 0.443. The highest BCUT2D eigenvalue weighted by atomic mass is 15.2. The van der Waals surface area contributed by atoms with E-state index in [-0.39, 0.29) is 0 Å². The van der Waals surface area contributed by atoms with Gasteiger partial charge in [0.1, 0.15) is 5.71 Å². The monoisotopic (exact) mass is 220 g/mol. The Morgan fingerprint density at radius 2 is 1.24 bits per heavy atom. The molecule has 0 N–H and O–H groups in total. The summed E-state index contributed by atoms with van der Waals surface area (Å²) in [5, 5.41) is 8.32. The van der Waals surface area contributed by atoms with Gasteiger partial charge in [-0.1, -0.05) is 48.5 Å². The van der Waals surface area contributed by atoms with Crippen LogP contribution in [0, 0.1) is 0 Å². The molecule has 2 nitrogen and oxygen atoms in total. The molecule has 2 aromatic carbocycles. The summed E-state index contributed by atoms with van der Waals surface area (Å²) in [5.74, 6) is 0. The zero-order valence-corrected chi connectivity index (χ0v) is 9.59. The molecule has 0 saturated heterocycles. The molecule has 0 aromatic heterocycles. The van der Waals surface area contributed by atoms with Crippen LogP contribution in [0.2, 0.25) is 0 Å². The second kappa shape index (κ2) is 3.98. The second-order valence-electron chi connectivity index (χ2n) is 3.91. The SMILES string of the molecule is C/C=N/N=C1c2ccccc2-c2ccccc21. The molecule has 82 valence electrons. The van der Waals surface area contributed by atoms with Crippen molar-refractivity contribution in [2.24, 2.45) is 10.2 Å². The standard InChI is InChI=1S/C15H12N2/c1-2-16-17-15-13-9-5-3-7-11(13)12-8-4-6-10-14(12)15/h2-10H,1H3/b16-2+. The summed E-state index contributed by atoms with van der Waals surface area (Å²) in [6, 6.07) is 16.6. The highest BCUT2D eigenvalue weighted by Crippen LogP contribution is 2.36. The van der Waals surface area contributed by atoms with Gasteiger partial charge in [-0.2, -0.15) is 10.2 Å². The van der Waals surface area contributed by atoms with E-state index in [1.54, 1.807) is 6.21 Å². The molecule has 17 heavy (non-hydrogen) atoms. The van der Waals surface area contributed by atoms with Gasteiger partial charge in [0.2, 0.25) is 0 Å². The number of hydrogen-bond donors (Lipinski definition) is 0. The second-order valence-corrected chi connectivity index (χ2v) is 3.91. The highest BCUT2D eigenvalue weighted by molar-refractivity contribution is 6.24. The van der Waals surface area contributed by atoms with E-state index in [2.05, 4.69) is 46.6 Å². The van der Waals surface area contributed by atoms with Crippen LogP contribution in [0.25, 0.3) is 11.1 Å². The average Bonchev–Trinajstić information content (AvgIpc) is 2.71. The van der Waals surface area contributed by atoms with Crippen molar-refractivity contribution in [2.75, 3.05) is 0 Å². The van der Waals surface area contributed by atoms with E-state index in [0.717, 1.165) is 5.71 Å². The fourth-order valence-electron chi connectivity index (χ4n) is 2.22. The van der Waals surface area contributed by atoms with Gasteiger partial charge in [-0.05, 0) is 18.1 Å². The van der Waals surface area contributed by atoms with Crippen LogP contribution in [0.1, 0.15) is 18.1 Å². The molecule has 0 spiro atoms. The van der Waals surface area contributed by atoms with Crippen LogP contribution in [0.5, 0.6) is 0 Å². The van der Waals surface area contributed by atoms with Crippen LogP contribution in [-0.2, 0) is 0 Å². The van der Waals surface area contributed by atoms with Crippen LogP contribution < -0.4 is 0 Å². The molecule has 0 saturated carbocycles. The van der Waals surface area contributed by atoms with Gasteiger partial charge in [0.15, 0.2) is 0 Å². The Hall–Kier alpha value is -2.22. The average molecular weight is 220 g/mol. The predicted octanol–water partition coefficient (Wildman–Crippen LogP) is 3.51. The molecule has 1 aliphatic rings. The lowest BCUT2D eigenvalue weighted by Crippen LogP contribution is -1.96. The smallest absolute Gasteiger partial charge is 0.101 e. The van der Waals surface area contributed by atoms with E-state index in [1.165, 1.54) is 22.3 Å². The summed E-state index contributed by atoms with van der Waals surface area (Å²) >= 11 is 0. The van der Waals surface area contributed by atoms with E-state index >= 15 is 0 Å². The Morgan fingerprint density at radius 3 is 1.71 bits per heavy atom. The Morgan fingerprint density at radius 1 is 0.765 bits per heavy atom. The third-order valence-electron chi connectivity index (χ3n) is 2.93. The zero-order chi connectivity index (χ0) is 11.7. The summed E-state index contributed by atoms with van der Waals surface area (Å²) in [5.41, 5.74) is 5.79. The van der Waals surface area contributed by atoms with E-state index in [4.69, 9.17) is 0 Å². The Balaban J connectivity index is 2.31. The molecule has 0 heterocycles. The maximum atomic E-state index is 4.31. The van der Waals surface area contributed by atoms with Crippen LogP contribution in [0.15, 0.2) is 58.7 Å². The fourth-order valence-corrected chi connectivity index (χ4v) is 2.22. The lowest BCUT2D eigenvalue weighted by atomic mass is 10.1. The molecular weight excluding hydrogens is 208 g/mol. The van der Waals surface area contributed by atoms with Crippen molar-refractivity contribution >= 4 is 11.9 Å². The minimum atomic E-state index is 0.967. The summed E-state index contributed by atoms with van der Waals surface area (Å²) in [4.78, 5) is 0. The van der Waals surface area contributed by atoms with Crippen molar-refractivity contribution in [2.45, 2.75) is 6.92 Å². The van der Waals surface area contributed by atoms with Crippen molar-refractivity contribution in [3.63, 3.8) is 0 Å². The van der Waals surface area contributed by atoms with Crippen molar-refractivity contribution in [1.82, 2.24) is 0 Å². The van der Waals surface area contributed by atoms with E-state index in [0.29, 0.717) is 0 Å².